The maximum Gasteiger partial charge on any atom is 0.410 e. The molecule has 1 saturated heterocycles. The minimum Gasteiger partial charge on any atom is -0.490 e. The van der Waals surface area contributed by atoms with E-state index in [1.807, 2.05) is 39.0 Å². The zero-order valence-electron chi connectivity index (χ0n) is 15.4. The molecule has 2 heterocycles. The van der Waals surface area contributed by atoms with E-state index in [1.165, 1.54) is 0 Å². The molecule has 0 aromatic carbocycles. The summed E-state index contributed by atoms with van der Waals surface area (Å²) < 4.78 is 11.3. The van der Waals surface area contributed by atoms with Crippen LogP contribution in [0.3, 0.4) is 0 Å². The molecule has 1 fully saturated rings. The molecule has 0 aliphatic carbocycles. The van der Waals surface area contributed by atoms with Gasteiger partial charge in [-0.15, -0.1) is 0 Å². The normalized spacial score (nSPS) is 18.0. The minimum atomic E-state index is -0.494. The highest BCUT2D eigenvalue weighted by Crippen LogP contribution is 2.24. The van der Waals surface area contributed by atoms with E-state index in [0.717, 1.165) is 24.8 Å². The molecule has 0 spiro atoms. The van der Waals surface area contributed by atoms with E-state index in [0.29, 0.717) is 24.1 Å². The molecule has 0 unspecified atom stereocenters. The van der Waals surface area contributed by atoms with Gasteiger partial charge in [0.2, 0.25) is 0 Å². The summed E-state index contributed by atoms with van der Waals surface area (Å²) in [7, 11) is 0. The van der Waals surface area contributed by atoms with Gasteiger partial charge in [0.25, 0.3) is 0 Å². The van der Waals surface area contributed by atoms with Crippen LogP contribution in [0, 0.1) is 0 Å². The van der Waals surface area contributed by atoms with Crippen molar-refractivity contribution >= 4 is 23.8 Å². The molecule has 0 saturated carbocycles. The number of ether oxygens (including phenoxy) is 2. The van der Waals surface area contributed by atoms with E-state index >= 15 is 0 Å². The number of rotatable bonds is 5. The van der Waals surface area contributed by atoms with Gasteiger partial charge in [-0.3, -0.25) is 0 Å². The highest BCUT2D eigenvalue weighted by Gasteiger charge is 2.32. The van der Waals surface area contributed by atoms with Crippen molar-refractivity contribution in [2.45, 2.75) is 58.6 Å². The Morgan fingerprint density at radius 1 is 1.48 bits per heavy atom. The topological polar surface area (TPSA) is 51.7 Å². The molecule has 0 bridgehead atoms. The predicted octanol–water partition coefficient (Wildman–Crippen LogP) is 4.94. The summed E-state index contributed by atoms with van der Waals surface area (Å²) in [5, 5.41) is 0.452. The summed E-state index contributed by atoms with van der Waals surface area (Å²) in [5.41, 5.74) is 0.336. The van der Waals surface area contributed by atoms with Crippen LogP contribution in [0.1, 0.15) is 52.5 Å². The van der Waals surface area contributed by atoms with Gasteiger partial charge in [0.1, 0.15) is 23.1 Å². The van der Waals surface area contributed by atoms with E-state index in [4.69, 9.17) is 21.1 Å². The summed E-state index contributed by atoms with van der Waals surface area (Å²) in [6.07, 6.45) is 8.07. The Balaban J connectivity index is 1.98. The molecule has 1 aromatic heterocycles. The van der Waals surface area contributed by atoms with Crippen molar-refractivity contribution < 1.29 is 14.3 Å². The number of pyridine rings is 1. The molecule has 1 atom stereocenters. The Hall–Kier alpha value is -1.75. The fraction of sp³-hybridized carbons (Fsp3) is 0.579. The number of carbonyl (C=O) groups excluding carboxylic acids is 1. The second-order valence-electron chi connectivity index (χ2n) is 7.14. The molecule has 1 amide bonds. The zero-order valence-corrected chi connectivity index (χ0v) is 16.2. The van der Waals surface area contributed by atoms with Crippen LogP contribution < -0.4 is 4.74 Å². The van der Waals surface area contributed by atoms with Gasteiger partial charge in [0.15, 0.2) is 0 Å². The van der Waals surface area contributed by atoms with Crippen molar-refractivity contribution in [2.75, 3.05) is 13.2 Å². The van der Waals surface area contributed by atoms with Crippen molar-refractivity contribution in [3.8, 4) is 5.75 Å². The van der Waals surface area contributed by atoms with Crippen LogP contribution >= 0.6 is 11.6 Å². The van der Waals surface area contributed by atoms with Gasteiger partial charge < -0.3 is 14.4 Å². The smallest absolute Gasteiger partial charge is 0.410 e. The van der Waals surface area contributed by atoms with Crippen LogP contribution in [0.4, 0.5) is 4.79 Å². The van der Waals surface area contributed by atoms with Gasteiger partial charge in [0.05, 0.1) is 12.2 Å². The van der Waals surface area contributed by atoms with Gasteiger partial charge in [-0.1, -0.05) is 30.7 Å². The van der Waals surface area contributed by atoms with E-state index < -0.39 is 5.60 Å². The Bertz CT molecular complexity index is 626. The van der Waals surface area contributed by atoms with Crippen molar-refractivity contribution in [3.63, 3.8) is 0 Å². The number of nitrogens with zero attached hydrogens (tertiary/aromatic N) is 2. The number of amides is 1. The van der Waals surface area contributed by atoms with Crippen LogP contribution in [-0.2, 0) is 4.74 Å². The molecule has 1 aliphatic rings. The van der Waals surface area contributed by atoms with Crippen LogP contribution in [0.2, 0.25) is 5.15 Å². The lowest BCUT2D eigenvalue weighted by Crippen LogP contribution is -2.42. The predicted molar refractivity (Wildman–Crippen MR) is 100 cm³/mol. The standard InChI is InChI=1S/C19H27ClN2O3/c1-5-6-8-14-11-16(12-21-17(14)20)24-13-15-9-7-10-22(15)18(23)25-19(2,3)4/h6,8,11-12,15H,5,7,9-10,13H2,1-4H3/t15-/m0/s1. The van der Waals surface area contributed by atoms with Crippen molar-refractivity contribution in [1.82, 2.24) is 9.88 Å². The third-order valence-electron chi connectivity index (χ3n) is 3.82. The highest BCUT2D eigenvalue weighted by atomic mass is 35.5. The molecule has 1 aromatic rings. The number of carbonyl (C=O) groups is 1. The number of aromatic nitrogens is 1. The lowest BCUT2D eigenvalue weighted by molar-refractivity contribution is 0.0187. The van der Waals surface area contributed by atoms with Gasteiger partial charge in [-0.05, 0) is 46.1 Å². The Morgan fingerprint density at radius 2 is 2.24 bits per heavy atom. The molecular formula is C19H27ClN2O3. The fourth-order valence-corrected chi connectivity index (χ4v) is 2.81. The second kappa shape index (κ2) is 8.56. The molecule has 138 valence electrons. The Kier molecular flexibility index (Phi) is 6.71. The quantitative estimate of drug-likeness (QED) is 0.693. The average Bonchev–Trinajstić information content (AvgIpc) is 3.00. The Labute approximate surface area is 155 Å². The summed E-state index contributed by atoms with van der Waals surface area (Å²) in [4.78, 5) is 18.2. The van der Waals surface area contributed by atoms with Crippen LogP contribution in [0.5, 0.6) is 5.75 Å². The largest absolute Gasteiger partial charge is 0.490 e. The van der Waals surface area contributed by atoms with E-state index in [2.05, 4.69) is 11.9 Å². The fourth-order valence-electron chi connectivity index (χ4n) is 2.65. The number of hydrogen-bond donors (Lipinski definition) is 0. The summed E-state index contributed by atoms with van der Waals surface area (Å²) >= 11 is 6.10. The van der Waals surface area contributed by atoms with Crippen LogP contribution in [0.25, 0.3) is 6.08 Å². The third kappa shape index (κ3) is 5.92. The summed E-state index contributed by atoms with van der Waals surface area (Å²) in [6.45, 7) is 8.79. The van der Waals surface area contributed by atoms with E-state index in [1.54, 1.807) is 11.1 Å². The molecular weight excluding hydrogens is 340 g/mol. The first-order valence-electron chi connectivity index (χ1n) is 8.74. The summed E-state index contributed by atoms with van der Waals surface area (Å²) in [5.74, 6) is 0.649. The average molecular weight is 367 g/mol. The monoisotopic (exact) mass is 366 g/mol. The molecule has 0 N–H and O–H groups in total. The maximum absolute atomic E-state index is 12.3. The van der Waals surface area contributed by atoms with E-state index in [-0.39, 0.29) is 12.1 Å². The molecule has 5 nitrogen and oxygen atoms in total. The first-order chi connectivity index (χ1) is 11.8. The number of allylic oxidation sites excluding steroid dienone is 1. The van der Waals surface area contributed by atoms with Crippen LogP contribution in [0.15, 0.2) is 18.3 Å². The first kappa shape index (κ1) is 19.6. The first-order valence-corrected chi connectivity index (χ1v) is 9.12. The third-order valence-corrected chi connectivity index (χ3v) is 4.14. The van der Waals surface area contributed by atoms with Crippen LogP contribution in [-0.4, -0.2) is 40.8 Å². The number of halogens is 1. The van der Waals surface area contributed by atoms with E-state index in [9.17, 15) is 4.79 Å². The van der Waals surface area contributed by atoms with Gasteiger partial charge in [-0.2, -0.15) is 0 Å². The van der Waals surface area contributed by atoms with Gasteiger partial charge in [0, 0.05) is 12.1 Å². The van der Waals surface area contributed by atoms with Gasteiger partial charge >= 0.3 is 6.09 Å². The number of hydrogen-bond acceptors (Lipinski definition) is 4. The van der Waals surface area contributed by atoms with Gasteiger partial charge in [-0.25, -0.2) is 9.78 Å². The molecule has 2 rings (SSSR count). The zero-order chi connectivity index (χ0) is 18.4. The Morgan fingerprint density at radius 3 is 2.92 bits per heavy atom. The number of likely N-dealkylation sites (tertiary alicyclic amines) is 1. The van der Waals surface area contributed by atoms with Crippen molar-refractivity contribution in [3.05, 3.63) is 29.1 Å². The summed E-state index contributed by atoms with van der Waals surface area (Å²) in [6, 6.07) is 1.88. The highest BCUT2D eigenvalue weighted by molar-refractivity contribution is 6.30. The SMILES string of the molecule is CCC=Cc1cc(OC[C@@H]2CCCN2C(=O)OC(C)(C)C)cnc1Cl. The van der Waals surface area contributed by atoms with Crippen molar-refractivity contribution in [1.29, 1.82) is 0 Å². The minimum absolute atomic E-state index is 0.0140. The lowest BCUT2D eigenvalue weighted by atomic mass is 10.2. The molecule has 6 heteroatoms. The molecule has 0 radical (unpaired) electrons. The van der Waals surface area contributed by atoms with Crippen molar-refractivity contribution in [2.24, 2.45) is 0 Å². The maximum atomic E-state index is 12.3. The molecule has 1 aliphatic heterocycles. The molecule has 25 heavy (non-hydrogen) atoms. The second-order valence-corrected chi connectivity index (χ2v) is 7.50. The lowest BCUT2D eigenvalue weighted by Gasteiger charge is -2.28.